The summed E-state index contributed by atoms with van der Waals surface area (Å²) in [6.07, 6.45) is -5.16. The number of rotatable bonds is 6. The molecule has 0 atom stereocenters. The summed E-state index contributed by atoms with van der Waals surface area (Å²) in [5, 5.41) is 0.830. The van der Waals surface area contributed by atoms with Gasteiger partial charge in [0, 0.05) is 37.6 Å². The third kappa shape index (κ3) is 5.24. The number of anilines is 2. The lowest BCUT2D eigenvalue weighted by molar-refractivity contribution is -0.161. The second-order valence-corrected chi connectivity index (χ2v) is 8.25. The Morgan fingerprint density at radius 3 is 2.42 bits per heavy atom. The number of halogens is 3. The van der Waals surface area contributed by atoms with Crippen LogP contribution in [0.5, 0.6) is 0 Å². The molecule has 2 amide bonds. The molecule has 3 heterocycles. The van der Waals surface area contributed by atoms with Gasteiger partial charge < -0.3 is 15.5 Å². The number of likely N-dealkylation sites (N-methyl/N-ethyl adjacent to an activating group) is 1. The summed E-state index contributed by atoms with van der Waals surface area (Å²) < 4.78 is 37.6. The largest absolute Gasteiger partial charge is 0.397 e. The van der Waals surface area contributed by atoms with E-state index in [0.717, 1.165) is 21.5 Å². The number of thiophene rings is 1. The van der Waals surface area contributed by atoms with Gasteiger partial charge in [-0.3, -0.25) is 14.5 Å². The lowest BCUT2D eigenvalue weighted by Crippen LogP contribution is -2.50. The second kappa shape index (κ2) is 9.35. The molecule has 1 saturated heterocycles. The Bertz CT molecular complexity index is 956. The number of hydrogen-bond acceptors (Lipinski definition) is 7. The van der Waals surface area contributed by atoms with E-state index < -0.39 is 18.5 Å². The summed E-state index contributed by atoms with van der Waals surface area (Å²) >= 11 is 1.51. The first-order chi connectivity index (χ1) is 14.7. The minimum absolute atomic E-state index is 0.166. The predicted molar refractivity (Wildman–Crippen MR) is 113 cm³/mol. The summed E-state index contributed by atoms with van der Waals surface area (Å²) in [5.41, 5.74) is 5.52. The highest BCUT2D eigenvalue weighted by Gasteiger charge is 2.35. The molecule has 1 fully saturated rings. The van der Waals surface area contributed by atoms with E-state index in [-0.39, 0.29) is 31.5 Å². The standard InChI is InChI=1S/C19H25F3N6O2S/c1-3-12-9-13-16(24-18(25-17(13)31-12)28(4-2)15(30)11-23)27-7-5-26(6-8-27)14(29)10-19(20,21)22/h9H,3-8,10-11,23H2,1-2H3. The molecule has 3 rings (SSSR count). The maximum absolute atomic E-state index is 12.5. The fourth-order valence-electron chi connectivity index (χ4n) is 3.47. The van der Waals surface area contributed by atoms with Crippen molar-refractivity contribution in [2.45, 2.75) is 32.9 Å². The monoisotopic (exact) mass is 458 g/mol. The number of fused-ring (bicyclic) bond motifs is 1. The first-order valence-electron chi connectivity index (χ1n) is 10.1. The molecular formula is C19H25F3N6O2S. The van der Waals surface area contributed by atoms with Crippen LogP contribution in [0.4, 0.5) is 24.9 Å². The Balaban J connectivity index is 1.90. The lowest BCUT2D eigenvalue weighted by atomic mass is 10.2. The number of alkyl halides is 3. The van der Waals surface area contributed by atoms with Gasteiger partial charge in [0.15, 0.2) is 0 Å². The molecule has 2 N–H and O–H groups in total. The number of hydrogen-bond donors (Lipinski definition) is 1. The third-order valence-corrected chi connectivity index (χ3v) is 6.25. The van der Waals surface area contributed by atoms with E-state index in [4.69, 9.17) is 5.73 Å². The second-order valence-electron chi connectivity index (χ2n) is 7.13. The minimum Gasteiger partial charge on any atom is -0.352 e. The van der Waals surface area contributed by atoms with Gasteiger partial charge in [0.1, 0.15) is 17.1 Å². The summed E-state index contributed by atoms with van der Waals surface area (Å²) in [6.45, 7) is 5.02. The van der Waals surface area contributed by atoms with Crippen LogP contribution in [-0.4, -0.2) is 72.1 Å². The van der Waals surface area contributed by atoms with Crippen LogP contribution >= 0.6 is 11.3 Å². The number of piperazine rings is 1. The van der Waals surface area contributed by atoms with E-state index in [1.165, 1.54) is 21.1 Å². The Morgan fingerprint density at radius 1 is 1.19 bits per heavy atom. The van der Waals surface area contributed by atoms with Gasteiger partial charge in [0.25, 0.3) is 0 Å². The van der Waals surface area contributed by atoms with Crippen molar-refractivity contribution in [3.8, 4) is 0 Å². The topological polar surface area (TPSA) is 95.7 Å². The van der Waals surface area contributed by atoms with E-state index in [1.807, 2.05) is 17.9 Å². The van der Waals surface area contributed by atoms with E-state index in [2.05, 4.69) is 9.97 Å². The van der Waals surface area contributed by atoms with E-state index in [9.17, 15) is 22.8 Å². The number of carbonyl (C=O) groups is 2. The zero-order valence-corrected chi connectivity index (χ0v) is 18.2. The highest BCUT2D eigenvalue weighted by atomic mass is 32.1. The zero-order valence-electron chi connectivity index (χ0n) is 17.4. The quantitative estimate of drug-likeness (QED) is 0.713. The van der Waals surface area contributed by atoms with E-state index >= 15 is 0 Å². The number of amides is 2. The molecule has 31 heavy (non-hydrogen) atoms. The third-order valence-electron chi connectivity index (χ3n) is 5.08. The van der Waals surface area contributed by atoms with Crippen LogP contribution in [-0.2, 0) is 16.0 Å². The molecule has 2 aromatic rings. The predicted octanol–water partition coefficient (Wildman–Crippen LogP) is 2.17. The number of nitrogens with two attached hydrogens (primary N) is 1. The minimum atomic E-state index is -4.52. The van der Waals surface area contributed by atoms with Crippen molar-refractivity contribution < 1.29 is 22.8 Å². The molecule has 2 aromatic heterocycles. The molecule has 170 valence electrons. The summed E-state index contributed by atoms with van der Waals surface area (Å²) in [6, 6.07) is 2.00. The smallest absolute Gasteiger partial charge is 0.352 e. The van der Waals surface area contributed by atoms with Gasteiger partial charge in [-0.15, -0.1) is 11.3 Å². The fraction of sp³-hybridized carbons (Fsp3) is 0.579. The lowest BCUT2D eigenvalue weighted by Gasteiger charge is -2.36. The van der Waals surface area contributed by atoms with Crippen LogP contribution < -0.4 is 15.5 Å². The van der Waals surface area contributed by atoms with Crippen LogP contribution in [0.15, 0.2) is 6.07 Å². The molecule has 1 aliphatic heterocycles. The van der Waals surface area contributed by atoms with Crippen LogP contribution in [0.3, 0.4) is 0 Å². The van der Waals surface area contributed by atoms with Gasteiger partial charge in [-0.1, -0.05) is 6.92 Å². The van der Waals surface area contributed by atoms with Gasteiger partial charge in [-0.05, 0) is 19.4 Å². The van der Waals surface area contributed by atoms with Gasteiger partial charge in [0.05, 0.1) is 11.9 Å². The van der Waals surface area contributed by atoms with Crippen LogP contribution in [0.1, 0.15) is 25.1 Å². The highest BCUT2D eigenvalue weighted by Crippen LogP contribution is 2.34. The van der Waals surface area contributed by atoms with E-state index in [1.54, 1.807) is 6.92 Å². The van der Waals surface area contributed by atoms with Crippen LogP contribution in [0.2, 0.25) is 0 Å². The first kappa shape index (κ1) is 23.2. The van der Waals surface area contributed by atoms with Crippen molar-refractivity contribution >= 4 is 45.1 Å². The summed E-state index contributed by atoms with van der Waals surface area (Å²) in [7, 11) is 0. The van der Waals surface area contributed by atoms with Crippen LogP contribution in [0, 0.1) is 0 Å². The molecule has 0 spiro atoms. The van der Waals surface area contributed by atoms with Crippen molar-refractivity contribution in [3.05, 3.63) is 10.9 Å². The Hall–Kier alpha value is -2.47. The van der Waals surface area contributed by atoms with Crippen molar-refractivity contribution in [2.24, 2.45) is 5.73 Å². The Morgan fingerprint density at radius 2 is 1.87 bits per heavy atom. The van der Waals surface area contributed by atoms with Crippen LogP contribution in [0.25, 0.3) is 10.2 Å². The van der Waals surface area contributed by atoms with Gasteiger partial charge >= 0.3 is 6.18 Å². The molecule has 0 unspecified atom stereocenters. The average Bonchev–Trinajstić information content (AvgIpc) is 3.15. The Kier molecular flexibility index (Phi) is 6.99. The maximum atomic E-state index is 12.5. The zero-order chi connectivity index (χ0) is 22.8. The van der Waals surface area contributed by atoms with Gasteiger partial charge in [-0.2, -0.15) is 18.2 Å². The normalized spacial score (nSPS) is 14.9. The highest BCUT2D eigenvalue weighted by molar-refractivity contribution is 7.18. The maximum Gasteiger partial charge on any atom is 0.397 e. The average molecular weight is 459 g/mol. The number of nitrogens with zero attached hydrogens (tertiary/aromatic N) is 5. The van der Waals surface area contributed by atoms with Crippen molar-refractivity contribution in [2.75, 3.05) is 49.1 Å². The van der Waals surface area contributed by atoms with Crippen molar-refractivity contribution in [3.63, 3.8) is 0 Å². The van der Waals surface area contributed by atoms with E-state index in [0.29, 0.717) is 25.5 Å². The summed E-state index contributed by atoms with van der Waals surface area (Å²) in [4.78, 5) is 39.7. The number of aromatic nitrogens is 2. The summed E-state index contributed by atoms with van der Waals surface area (Å²) in [5.74, 6) is -0.361. The van der Waals surface area contributed by atoms with Gasteiger partial charge in [-0.25, -0.2) is 4.98 Å². The first-order valence-corrected chi connectivity index (χ1v) is 10.9. The number of aryl methyl sites for hydroxylation is 1. The molecule has 0 bridgehead atoms. The molecule has 8 nitrogen and oxygen atoms in total. The Labute approximate surface area is 181 Å². The molecule has 1 aliphatic rings. The van der Waals surface area contributed by atoms with Gasteiger partial charge in [0.2, 0.25) is 17.8 Å². The number of carbonyl (C=O) groups excluding carboxylic acids is 2. The molecule has 0 aliphatic carbocycles. The molecule has 0 aromatic carbocycles. The molecular weight excluding hydrogens is 433 g/mol. The van der Waals surface area contributed by atoms with Crippen molar-refractivity contribution in [1.29, 1.82) is 0 Å². The SMILES string of the molecule is CCc1cc2c(N3CCN(C(=O)CC(F)(F)F)CC3)nc(N(CC)C(=O)CN)nc2s1. The molecule has 0 radical (unpaired) electrons. The molecule has 12 heteroatoms. The van der Waals surface area contributed by atoms with Crippen molar-refractivity contribution in [1.82, 2.24) is 14.9 Å². The fourth-order valence-corrected chi connectivity index (χ4v) is 4.43. The molecule has 0 saturated carbocycles.